The topological polar surface area (TPSA) is 38.5 Å². The first-order valence-electron chi connectivity index (χ1n) is 6.58. The van der Waals surface area contributed by atoms with Crippen molar-refractivity contribution < 1.29 is 4.74 Å². The molecule has 1 fully saturated rings. The van der Waals surface area contributed by atoms with E-state index in [0.717, 1.165) is 37.7 Å². The number of nitrogens with zero attached hydrogens (tertiary/aromatic N) is 1. The van der Waals surface area contributed by atoms with Crippen LogP contribution in [0.5, 0.6) is 5.75 Å². The highest BCUT2D eigenvalue weighted by molar-refractivity contribution is 7.99. The lowest BCUT2D eigenvalue weighted by atomic mass is 9.95. The van der Waals surface area contributed by atoms with Crippen LogP contribution in [-0.2, 0) is 6.54 Å². The number of benzene rings is 1. The predicted molar refractivity (Wildman–Crippen MR) is 76.1 cm³/mol. The zero-order chi connectivity index (χ0) is 12.4. The first-order chi connectivity index (χ1) is 8.84. The Labute approximate surface area is 113 Å². The average Bonchev–Trinajstić information content (AvgIpc) is 2.79. The summed E-state index contributed by atoms with van der Waals surface area (Å²) < 4.78 is 5.84. The summed E-state index contributed by atoms with van der Waals surface area (Å²) in [5.41, 5.74) is 7.55. The quantitative estimate of drug-likeness (QED) is 0.882. The third-order valence-electron chi connectivity index (χ3n) is 4.09. The molecule has 2 N–H and O–H groups in total. The Hall–Kier alpha value is -0.710. The number of nitrogens with two attached hydrogens (primary N) is 1. The zero-order valence-corrected chi connectivity index (χ0v) is 11.4. The monoisotopic (exact) mass is 264 g/mol. The lowest BCUT2D eigenvalue weighted by molar-refractivity contribution is 0.0992. The molecule has 1 aromatic carbocycles. The fourth-order valence-electron chi connectivity index (χ4n) is 2.87. The van der Waals surface area contributed by atoms with E-state index in [1.54, 1.807) is 0 Å². The minimum atomic E-state index is 0.186. The van der Waals surface area contributed by atoms with Gasteiger partial charge in [0.05, 0.1) is 0 Å². The van der Waals surface area contributed by atoms with Crippen LogP contribution in [0.1, 0.15) is 12.0 Å². The van der Waals surface area contributed by atoms with Crippen LogP contribution in [0.15, 0.2) is 24.3 Å². The van der Waals surface area contributed by atoms with Gasteiger partial charge in [0, 0.05) is 36.5 Å². The van der Waals surface area contributed by atoms with E-state index in [2.05, 4.69) is 23.1 Å². The highest BCUT2D eigenvalue weighted by atomic mass is 32.2. The maximum absolute atomic E-state index is 6.07. The van der Waals surface area contributed by atoms with Gasteiger partial charge in [-0.05, 0) is 18.2 Å². The van der Waals surface area contributed by atoms with Crippen LogP contribution in [0, 0.1) is 0 Å². The van der Waals surface area contributed by atoms with Gasteiger partial charge < -0.3 is 10.5 Å². The van der Waals surface area contributed by atoms with Crippen molar-refractivity contribution in [1.29, 1.82) is 0 Å². The van der Waals surface area contributed by atoms with E-state index >= 15 is 0 Å². The van der Waals surface area contributed by atoms with Crippen molar-refractivity contribution in [1.82, 2.24) is 4.90 Å². The summed E-state index contributed by atoms with van der Waals surface area (Å²) in [5.74, 6) is 3.43. The first-order valence-corrected chi connectivity index (χ1v) is 7.73. The van der Waals surface area contributed by atoms with Crippen LogP contribution in [0.3, 0.4) is 0 Å². The molecule has 3 nitrogen and oxygen atoms in total. The Morgan fingerprint density at radius 3 is 3.06 bits per heavy atom. The highest BCUT2D eigenvalue weighted by Gasteiger charge is 2.39. The lowest BCUT2D eigenvalue weighted by Gasteiger charge is -2.39. The van der Waals surface area contributed by atoms with Crippen LogP contribution in [0.4, 0.5) is 0 Å². The minimum absolute atomic E-state index is 0.186. The molecule has 1 aromatic rings. The van der Waals surface area contributed by atoms with Gasteiger partial charge in [-0.15, -0.1) is 0 Å². The largest absolute Gasteiger partial charge is 0.492 e. The Morgan fingerprint density at radius 2 is 2.28 bits per heavy atom. The van der Waals surface area contributed by atoms with Gasteiger partial charge in [0.2, 0.25) is 0 Å². The van der Waals surface area contributed by atoms with Crippen molar-refractivity contribution in [3.63, 3.8) is 0 Å². The third kappa shape index (κ3) is 2.13. The molecule has 0 radical (unpaired) electrons. The Morgan fingerprint density at radius 1 is 1.39 bits per heavy atom. The van der Waals surface area contributed by atoms with Crippen molar-refractivity contribution in [2.45, 2.75) is 18.5 Å². The highest BCUT2D eigenvalue weighted by Crippen LogP contribution is 2.35. The second kappa shape index (κ2) is 5.11. The van der Waals surface area contributed by atoms with Crippen molar-refractivity contribution in [3.05, 3.63) is 29.8 Å². The summed E-state index contributed by atoms with van der Waals surface area (Å²) in [6, 6.07) is 8.36. The molecule has 18 heavy (non-hydrogen) atoms. The molecule has 0 aromatic heterocycles. The first kappa shape index (κ1) is 12.3. The van der Waals surface area contributed by atoms with Gasteiger partial charge in [0.25, 0.3) is 0 Å². The maximum atomic E-state index is 6.07. The van der Waals surface area contributed by atoms with Crippen LogP contribution < -0.4 is 10.5 Å². The fourth-order valence-corrected chi connectivity index (χ4v) is 4.36. The van der Waals surface area contributed by atoms with Crippen LogP contribution >= 0.6 is 11.8 Å². The van der Waals surface area contributed by atoms with E-state index in [1.807, 2.05) is 17.8 Å². The summed E-state index contributed by atoms with van der Waals surface area (Å²) in [5, 5.41) is 0. The van der Waals surface area contributed by atoms with Crippen molar-refractivity contribution in [2.24, 2.45) is 5.73 Å². The fraction of sp³-hybridized carbons (Fsp3) is 0.571. The maximum Gasteiger partial charge on any atom is 0.123 e. The number of fused-ring (bicyclic) bond motifs is 1. The number of thioether (sulfide) groups is 1. The summed E-state index contributed by atoms with van der Waals surface area (Å²) in [6.45, 7) is 3.46. The summed E-state index contributed by atoms with van der Waals surface area (Å²) in [7, 11) is 0. The van der Waals surface area contributed by atoms with E-state index in [-0.39, 0.29) is 5.54 Å². The molecule has 1 atom stereocenters. The molecule has 1 saturated heterocycles. The second-order valence-corrected chi connectivity index (χ2v) is 6.21. The van der Waals surface area contributed by atoms with E-state index < -0.39 is 0 Å². The predicted octanol–water partition coefficient (Wildman–Crippen LogP) is 1.72. The Balaban J connectivity index is 1.86. The Kier molecular flexibility index (Phi) is 3.50. The van der Waals surface area contributed by atoms with Gasteiger partial charge in [-0.3, -0.25) is 4.90 Å². The smallest absolute Gasteiger partial charge is 0.123 e. The average molecular weight is 264 g/mol. The summed E-state index contributed by atoms with van der Waals surface area (Å²) in [6.07, 6.45) is 1.20. The molecule has 0 spiro atoms. The van der Waals surface area contributed by atoms with Crippen molar-refractivity contribution in [2.75, 3.05) is 31.2 Å². The SMILES string of the molecule is NCC1(N2CCOc3ccccc3C2)CCSC1. The van der Waals surface area contributed by atoms with Crippen LogP contribution in [-0.4, -0.2) is 41.6 Å². The van der Waals surface area contributed by atoms with Gasteiger partial charge in [-0.2, -0.15) is 11.8 Å². The number of ether oxygens (including phenoxy) is 1. The number of rotatable bonds is 2. The van der Waals surface area contributed by atoms with Gasteiger partial charge in [-0.1, -0.05) is 18.2 Å². The minimum Gasteiger partial charge on any atom is -0.492 e. The molecule has 3 rings (SSSR count). The molecule has 0 aliphatic carbocycles. The van der Waals surface area contributed by atoms with E-state index in [0.29, 0.717) is 0 Å². The standard InChI is InChI=1S/C14H20N2OS/c15-10-14(5-8-18-11-14)16-6-7-17-13-4-2-1-3-12(13)9-16/h1-4H,5-11,15H2. The van der Waals surface area contributed by atoms with E-state index in [9.17, 15) is 0 Å². The van der Waals surface area contributed by atoms with E-state index in [4.69, 9.17) is 10.5 Å². The van der Waals surface area contributed by atoms with Crippen molar-refractivity contribution in [3.8, 4) is 5.75 Å². The molecule has 0 bridgehead atoms. The molecular formula is C14H20N2OS. The van der Waals surface area contributed by atoms with Crippen LogP contribution in [0.25, 0.3) is 0 Å². The van der Waals surface area contributed by atoms with Gasteiger partial charge >= 0.3 is 0 Å². The molecule has 2 aliphatic heterocycles. The third-order valence-corrected chi connectivity index (χ3v) is 5.32. The number of hydrogen-bond acceptors (Lipinski definition) is 4. The molecule has 2 aliphatic rings. The lowest BCUT2D eigenvalue weighted by Crippen LogP contribution is -2.54. The molecular weight excluding hydrogens is 244 g/mol. The van der Waals surface area contributed by atoms with Gasteiger partial charge in [-0.25, -0.2) is 0 Å². The van der Waals surface area contributed by atoms with E-state index in [1.165, 1.54) is 17.7 Å². The Bertz CT molecular complexity index is 418. The molecule has 4 heteroatoms. The van der Waals surface area contributed by atoms with Gasteiger partial charge in [0.1, 0.15) is 12.4 Å². The molecule has 0 amide bonds. The molecule has 2 heterocycles. The molecule has 98 valence electrons. The zero-order valence-electron chi connectivity index (χ0n) is 10.6. The summed E-state index contributed by atoms with van der Waals surface area (Å²) >= 11 is 2.02. The second-order valence-electron chi connectivity index (χ2n) is 5.11. The molecule has 1 unspecified atom stereocenters. The van der Waals surface area contributed by atoms with Gasteiger partial charge in [0.15, 0.2) is 0 Å². The number of para-hydroxylation sites is 1. The van der Waals surface area contributed by atoms with Crippen molar-refractivity contribution >= 4 is 11.8 Å². The normalized spacial score (nSPS) is 28.5. The number of hydrogen-bond donors (Lipinski definition) is 1. The molecule has 0 saturated carbocycles. The summed E-state index contributed by atoms with van der Waals surface area (Å²) in [4.78, 5) is 2.54. The van der Waals surface area contributed by atoms with Crippen LogP contribution in [0.2, 0.25) is 0 Å².